The third kappa shape index (κ3) is 5.71. The van der Waals surface area contributed by atoms with Crippen molar-refractivity contribution in [1.82, 2.24) is 14.8 Å². The fourth-order valence-corrected chi connectivity index (χ4v) is 4.10. The Bertz CT molecular complexity index is 1300. The van der Waals surface area contributed by atoms with Gasteiger partial charge in [0.1, 0.15) is 0 Å². The van der Waals surface area contributed by atoms with Crippen LogP contribution in [-0.2, 0) is 9.59 Å². The van der Waals surface area contributed by atoms with Crippen LogP contribution in [0.1, 0.15) is 18.1 Å². The zero-order valence-corrected chi connectivity index (χ0v) is 20.0. The summed E-state index contributed by atoms with van der Waals surface area (Å²) < 4.78 is 1.98. The minimum atomic E-state index is -0.160. The molecule has 1 aromatic heterocycles. The van der Waals surface area contributed by atoms with Crippen LogP contribution in [0.15, 0.2) is 78.0 Å². The predicted molar refractivity (Wildman–Crippen MR) is 136 cm³/mol. The maximum Gasteiger partial charge on any atom is 0.234 e. The molecule has 2 amide bonds. The number of aromatic nitrogens is 3. The van der Waals surface area contributed by atoms with Crippen LogP contribution in [0.3, 0.4) is 0 Å². The van der Waals surface area contributed by atoms with E-state index in [0.29, 0.717) is 16.5 Å². The van der Waals surface area contributed by atoms with Gasteiger partial charge in [-0.25, -0.2) is 0 Å². The molecule has 0 spiro atoms. The molecule has 3 aromatic carbocycles. The van der Waals surface area contributed by atoms with E-state index in [-0.39, 0.29) is 17.6 Å². The minimum absolute atomic E-state index is 0.143. The highest BCUT2D eigenvalue weighted by Crippen LogP contribution is 2.28. The first kappa shape index (κ1) is 23.3. The Balaban J connectivity index is 1.52. The number of hydrogen-bond acceptors (Lipinski definition) is 5. The summed E-state index contributed by atoms with van der Waals surface area (Å²) in [7, 11) is 0. The van der Waals surface area contributed by atoms with Crippen molar-refractivity contribution in [3.8, 4) is 17.1 Å². The van der Waals surface area contributed by atoms with E-state index < -0.39 is 0 Å². The van der Waals surface area contributed by atoms with Gasteiger partial charge in [0.05, 0.1) is 5.75 Å². The Kier molecular flexibility index (Phi) is 7.08. The highest BCUT2D eigenvalue weighted by molar-refractivity contribution is 7.99. The van der Waals surface area contributed by atoms with E-state index in [2.05, 4.69) is 20.8 Å². The highest BCUT2D eigenvalue weighted by atomic mass is 32.2. The van der Waals surface area contributed by atoms with E-state index in [9.17, 15) is 9.59 Å². The van der Waals surface area contributed by atoms with Gasteiger partial charge in [0, 0.05) is 29.5 Å². The van der Waals surface area contributed by atoms with Crippen molar-refractivity contribution in [2.75, 3.05) is 16.4 Å². The molecule has 0 saturated carbocycles. The fourth-order valence-electron chi connectivity index (χ4n) is 3.35. The van der Waals surface area contributed by atoms with E-state index >= 15 is 0 Å². The van der Waals surface area contributed by atoms with Gasteiger partial charge in [0.2, 0.25) is 11.8 Å². The highest BCUT2D eigenvalue weighted by Gasteiger charge is 2.17. The number of aryl methyl sites for hydroxylation is 2. The summed E-state index contributed by atoms with van der Waals surface area (Å²) in [5.74, 6) is 0.592. The van der Waals surface area contributed by atoms with Crippen LogP contribution < -0.4 is 10.6 Å². The van der Waals surface area contributed by atoms with Crippen molar-refractivity contribution in [1.29, 1.82) is 0 Å². The molecule has 0 saturated heterocycles. The number of carbonyl (C=O) groups excluding carboxylic acids is 2. The van der Waals surface area contributed by atoms with Crippen LogP contribution in [0.25, 0.3) is 17.1 Å². The molecule has 0 fully saturated rings. The summed E-state index contributed by atoms with van der Waals surface area (Å²) in [6, 6.07) is 23.2. The number of amides is 2. The van der Waals surface area contributed by atoms with Gasteiger partial charge >= 0.3 is 0 Å². The number of nitrogens with one attached hydrogen (secondary N) is 2. The zero-order valence-electron chi connectivity index (χ0n) is 19.2. The molecule has 7 nitrogen and oxygen atoms in total. The molecule has 0 unspecified atom stereocenters. The molecule has 2 N–H and O–H groups in total. The molecule has 0 atom stereocenters. The van der Waals surface area contributed by atoms with E-state index in [1.165, 1.54) is 24.2 Å². The molecule has 4 rings (SSSR count). The number of anilines is 2. The molecular formula is C26H25N5O2S. The molecule has 34 heavy (non-hydrogen) atoms. The Labute approximate surface area is 202 Å². The lowest BCUT2D eigenvalue weighted by molar-refractivity contribution is -0.114. The summed E-state index contributed by atoms with van der Waals surface area (Å²) in [5.41, 5.74) is 5.54. The molecule has 1 heterocycles. The first-order valence-electron chi connectivity index (χ1n) is 10.8. The second-order valence-electron chi connectivity index (χ2n) is 7.94. The standard InChI is InChI=1S/C26H25N5O2S/c1-17-4-8-20(9-5-17)25-29-30-26(31(25)23-14-6-18(2)7-15-23)34-16-24(33)28-22-12-10-21(11-13-22)27-19(3)32/h4-15H,16H2,1-3H3,(H,27,32)(H,28,33). The quantitative estimate of drug-likeness (QED) is 0.360. The molecule has 4 aromatic rings. The van der Waals surface area contributed by atoms with Gasteiger partial charge in [-0.15, -0.1) is 10.2 Å². The van der Waals surface area contributed by atoms with Gasteiger partial charge in [-0.05, 0) is 50.2 Å². The van der Waals surface area contributed by atoms with E-state index in [0.717, 1.165) is 22.6 Å². The Hall–Kier alpha value is -3.91. The van der Waals surface area contributed by atoms with Crippen LogP contribution in [0.4, 0.5) is 11.4 Å². The molecule has 0 radical (unpaired) electrons. The molecule has 0 aliphatic rings. The van der Waals surface area contributed by atoms with Crippen molar-refractivity contribution in [3.63, 3.8) is 0 Å². The second kappa shape index (κ2) is 10.4. The van der Waals surface area contributed by atoms with Crippen molar-refractivity contribution < 1.29 is 9.59 Å². The molecule has 0 aliphatic carbocycles. The van der Waals surface area contributed by atoms with Crippen LogP contribution in [0.2, 0.25) is 0 Å². The number of rotatable bonds is 7. The Morgan fingerprint density at radius 1 is 0.794 bits per heavy atom. The topological polar surface area (TPSA) is 88.9 Å². The third-order valence-electron chi connectivity index (χ3n) is 5.06. The van der Waals surface area contributed by atoms with Crippen molar-refractivity contribution in [2.24, 2.45) is 0 Å². The van der Waals surface area contributed by atoms with Crippen LogP contribution in [0, 0.1) is 13.8 Å². The van der Waals surface area contributed by atoms with Crippen molar-refractivity contribution >= 4 is 35.0 Å². The number of carbonyl (C=O) groups is 2. The zero-order chi connectivity index (χ0) is 24.1. The summed E-state index contributed by atoms with van der Waals surface area (Å²) >= 11 is 1.32. The summed E-state index contributed by atoms with van der Waals surface area (Å²) in [6.07, 6.45) is 0. The minimum Gasteiger partial charge on any atom is -0.326 e. The lowest BCUT2D eigenvalue weighted by Gasteiger charge is -2.11. The summed E-state index contributed by atoms with van der Waals surface area (Å²) in [5, 5.41) is 15.0. The summed E-state index contributed by atoms with van der Waals surface area (Å²) in [6.45, 7) is 5.54. The first-order chi connectivity index (χ1) is 16.4. The molecule has 172 valence electrons. The van der Waals surface area contributed by atoms with Gasteiger partial charge in [-0.3, -0.25) is 14.2 Å². The van der Waals surface area contributed by atoms with Gasteiger partial charge < -0.3 is 10.6 Å². The van der Waals surface area contributed by atoms with Crippen LogP contribution >= 0.6 is 11.8 Å². The van der Waals surface area contributed by atoms with Gasteiger partial charge in [0.15, 0.2) is 11.0 Å². The van der Waals surface area contributed by atoms with E-state index in [1.807, 2.05) is 66.9 Å². The largest absolute Gasteiger partial charge is 0.326 e. The Morgan fingerprint density at radius 3 is 1.94 bits per heavy atom. The van der Waals surface area contributed by atoms with Gasteiger partial charge in [-0.1, -0.05) is 59.3 Å². The van der Waals surface area contributed by atoms with Crippen LogP contribution in [0.5, 0.6) is 0 Å². The van der Waals surface area contributed by atoms with Crippen molar-refractivity contribution in [3.05, 3.63) is 83.9 Å². The number of thioether (sulfide) groups is 1. The average molecular weight is 472 g/mol. The molecule has 0 bridgehead atoms. The SMILES string of the molecule is CC(=O)Nc1ccc(NC(=O)CSc2nnc(-c3ccc(C)cc3)n2-c2ccc(C)cc2)cc1. The number of nitrogens with zero attached hydrogens (tertiary/aromatic N) is 3. The van der Waals surface area contributed by atoms with Gasteiger partial charge in [0.25, 0.3) is 0 Å². The number of hydrogen-bond donors (Lipinski definition) is 2. The first-order valence-corrected chi connectivity index (χ1v) is 11.8. The summed E-state index contributed by atoms with van der Waals surface area (Å²) in [4.78, 5) is 23.7. The lowest BCUT2D eigenvalue weighted by Crippen LogP contribution is -2.14. The molecular weight excluding hydrogens is 446 g/mol. The normalized spacial score (nSPS) is 10.7. The molecule has 8 heteroatoms. The maximum atomic E-state index is 12.6. The van der Waals surface area contributed by atoms with Crippen LogP contribution in [-0.4, -0.2) is 32.3 Å². The third-order valence-corrected chi connectivity index (χ3v) is 5.99. The second-order valence-corrected chi connectivity index (χ2v) is 8.88. The lowest BCUT2D eigenvalue weighted by atomic mass is 10.1. The van der Waals surface area contributed by atoms with E-state index in [4.69, 9.17) is 0 Å². The Morgan fingerprint density at radius 2 is 1.35 bits per heavy atom. The average Bonchev–Trinajstić information content (AvgIpc) is 3.23. The predicted octanol–water partition coefficient (Wildman–Crippen LogP) is 5.24. The van der Waals surface area contributed by atoms with E-state index in [1.54, 1.807) is 24.3 Å². The van der Waals surface area contributed by atoms with Gasteiger partial charge in [-0.2, -0.15) is 0 Å². The smallest absolute Gasteiger partial charge is 0.234 e. The fraction of sp³-hybridized carbons (Fsp3) is 0.154. The maximum absolute atomic E-state index is 12.6. The monoisotopic (exact) mass is 471 g/mol. The van der Waals surface area contributed by atoms with Crippen molar-refractivity contribution in [2.45, 2.75) is 25.9 Å². The molecule has 0 aliphatic heterocycles. The number of benzene rings is 3.